The van der Waals surface area contributed by atoms with E-state index in [1.54, 1.807) is 0 Å². The van der Waals surface area contributed by atoms with E-state index in [2.05, 4.69) is 9.47 Å². The van der Waals surface area contributed by atoms with Crippen molar-refractivity contribution in [2.45, 2.75) is 0 Å². The van der Waals surface area contributed by atoms with Crippen molar-refractivity contribution in [1.82, 2.24) is 0 Å². The number of methoxy groups -OCH3 is 1. The number of ether oxygens (including phenoxy) is 2. The van der Waals surface area contributed by atoms with Gasteiger partial charge in [0.15, 0.2) is 0 Å². The van der Waals surface area contributed by atoms with Crippen molar-refractivity contribution in [1.29, 1.82) is 0 Å². The molecule has 0 aliphatic carbocycles. The fourth-order valence-corrected chi connectivity index (χ4v) is 0.385. The highest BCUT2D eigenvalue weighted by atomic mass is 35.5. The minimum absolute atomic E-state index is 0.0351. The number of carbonyl (C=O) groups is 1. The Morgan fingerprint density at radius 1 is 1.70 bits per heavy atom. The predicted molar refractivity (Wildman–Crippen MR) is 37.8 cm³/mol. The first-order valence-electron chi connectivity index (χ1n) is 2.70. The van der Waals surface area contributed by atoms with E-state index in [9.17, 15) is 4.79 Å². The zero-order valence-corrected chi connectivity index (χ0v) is 6.43. The van der Waals surface area contributed by atoms with Crippen LogP contribution in [0.5, 0.6) is 0 Å². The van der Waals surface area contributed by atoms with Gasteiger partial charge in [-0.3, -0.25) is 0 Å². The van der Waals surface area contributed by atoms with Gasteiger partial charge in [-0.25, -0.2) is 4.79 Å². The molecule has 0 aromatic heterocycles. The van der Waals surface area contributed by atoms with Gasteiger partial charge in [-0.1, -0.05) is 0 Å². The van der Waals surface area contributed by atoms with E-state index in [4.69, 9.17) is 11.6 Å². The van der Waals surface area contributed by atoms with Gasteiger partial charge < -0.3 is 9.47 Å². The van der Waals surface area contributed by atoms with Crippen LogP contribution in [0, 0.1) is 0 Å². The van der Waals surface area contributed by atoms with Gasteiger partial charge in [0.05, 0.1) is 6.26 Å². The van der Waals surface area contributed by atoms with E-state index in [0.717, 1.165) is 0 Å². The Bertz CT molecular complexity index is 122. The van der Waals surface area contributed by atoms with Crippen LogP contribution in [0.3, 0.4) is 0 Å². The summed E-state index contributed by atoms with van der Waals surface area (Å²) in [4.78, 5) is 10.5. The molecule has 0 rings (SSSR count). The third-order valence-electron chi connectivity index (χ3n) is 0.647. The SMILES string of the molecule is COCC(=O)O/C=C\CCl. The molecule has 0 heterocycles. The average Bonchev–Trinajstić information content (AvgIpc) is 1.89. The van der Waals surface area contributed by atoms with Gasteiger partial charge >= 0.3 is 5.97 Å². The maximum absolute atomic E-state index is 10.5. The van der Waals surface area contributed by atoms with Crippen LogP contribution in [0.15, 0.2) is 12.3 Å². The summed E-state index contributed by atoms with van der Waals surface area (Å²) in [6, 6.07) is 0. The average molecular weight is 165 g/mol. The highest BCUT2D eigenvalue weighted by Gasteiger charge is 1.95. The van der Waals surface area contributed by atoms with Crippen molar-refractivity contribution in [3.63, 3.8) is 0 Å². The van der Waals surface area contributed by atoms with Crippen LogP contribution in [0.25, 0.3) is 0 Å². The van der Waals surface area contributed by atoms with Gasteiger partial charge in [-0.2, -0.15) is 0 Å². The molecule has 0 aromatic carbocycles. The summed E-state index contributed by atoms with van der Waals surface area (Å²) >= 11 is 5.25. The number of alkyl halides is 1. The second-order valence-corrected chi connectivity index (χ2v) is 1.76. The lowest BCUT2D eigenvalue weighted by Gasteiger charge is -1.94. The molecule has 0 spiro atoms. The zero-order chi connectivity index (χ0) is 7.82. The summed E-state index contributed by atoms with van der Waals surface area (Å²) in [6.45, 7) is -0.0351. The van der Waals surface area contributed by atoms with Crippen LogP contribution in [0.1, 0.15) is 0 Å². The first kappa shape index (κ1) is 9.46. The van der Waals surface area contributed by atoms with Gasteiger partial charge in [-0.05, 0) is 6.08 Å². The summed E-state index contributed by atoms with van der Waals surface area (Å²) in [7, 11) is 1.42. The molecule has 0 radical (unpaired) electrons. The molecule has 0 aliphatic rings. The smallest absolute Gasteiger partial charge is 0.336 e. The third-order valence-corrected chi connectivity index (χ3v) is 0.825. The number of esters is 1. The lowest BCUT2D eigenvalue weighted by atomic mass is 10.7. The monoisotopic (exact) mass is 164 g/mol. The Balaban J connectivity index is 3.30. The van der Waals surface area contributed by atoms with Gasteiger partial charge in [0.25, 0.3) is 0 Å². The molecule has 0 bridgehead atoms. The molecule has 3 nitrogen and oxygen atoms in total. The van der Waals surface area contributed by atoms with E-state index >= 15 is 0 Å². The van der Waals surface area contributed by atoms with Crippen molar-refractivity contribution in [2.75, 3.05) is 19.6 Å². The van der Waals surface area contributed by atoms with Crippen molar-refractivity contribution < 1.29 is 14.3 Å². The lowest BCUT2D eigenvalue weighted by Crippen LogP contribution is -2.07. The van der Waals surface area contributed by atoms with Crippen LogP contribution in [-0.4, -0.2) is 25.6 Å². The maximum atomic E-state index is 10.5. The van der Waals surface area contributed by atoms with E-state index in [1.807, 2.05) is 0 Å². The van der Waals surface area contributed by atoms with Gasteiger partial charge in [0, 0.05) is 13.0 Å². The highest BCUT2D eigenvalue weighted by molar-refractivity contribution is 6.18. The summed E-state index contributed by atoms with van der Waals surface area (Å²) in [5.41, 5.74) is 0. The Labute approximate surface area is 64.6 Å². The first-order valence-corrected chi connectivity index (χ1v) is 3.24. The fraction of sp³-hybridized carbons (Fsp3) is 0.500. The maximum Gasteiger partial charge on any atom is 0.336 e. The van der Waals surface area contributed by atoms with E-state index < -0.39 is 5.97 Å². The van der Waals surface area contributed by atoms with E-state index in [-0.39, 0.29) is 6.61 Å². The lowest BCUT2D eigenvalue weighted by molar-refractivity contribution is -0.142. The Morgan fingerprint density at radius 2 is 2.40 bits per heavy atom. The summed E-state index contributed by atoms with van der Waals surface area (Å²) in [6.07, 6.45) is 2.77. The Hall–Kier alpha value is -0.540. The quantitative estimate of drug-likeness (QED) is 0.352. The normalized spacial score (nSPS) is 10.2. The van der Waals surface area contributed by atoms with Crippen molar-refractivity contribution in [3.8, 4) is 0 Å². The predicted octanol–water partition coefficient (Wildman–Crippen LogP) is 0.929. The molecule has 0 saturated carbocycles. The first-order chi connectivity index (χ1) is 4.81. The molecular weight excluding hydrogens is 156 g/mol. The van der Waals surface area contributed by atoms with Crippen LogP contribution in [0.2, 0.25) is 0 Å². The summed E-state index contributed by atoms with van der Waals surface area (Å²) < 4.78 is 8.99. The van der Waals surface area contributed by atoms with E-state index in [1.165, 1.54) is 19.4 Å². The van der Waals surface area contributed by atoms with Gasteiger partial charge in [0.1, 0.15) is 6.61 Å². The van der Waals surface area contributed by atoms with E-state index in [0.29, 0.717) is 5.88 Å². The molecule has 0 N–H and O–H groups in total. The molecule has 0 amide bonds. The Kier molecular flexibility index (Phi) is 6.22. The number of hydrogen-bond donors (Lipinski definition) is 0. The Morgan fingerprint density at radius 3 is 2.90 bits per heavy atom. The third kappa shape index (κ3) is 5.59. The molecule has 4 heteroatoms. The van der Waals surface area contributed by atoms with Crippen LogP contribution < -0.4 is 0 Å². The molecule has 0 aliphatic heterocycles. The minimum atomic E-state index is -0.427. The van der Waals surface area contributed by atoms with Gasteiger partial charge in [0.2, 0.25) is 0 Å². The number of allylic oxidation sites excluding steroid dienone is 1. The molecule has 0 aromatic rings. The van der Waals surface area contributed by atoms with Crippen molar-refractivity contribution in [3.05, 3.63) is 12.3 Å². The molecule has 0 unspecified atom stereocenters. The second kappa shape index (κ2) is 6.58. The zero-order valence-electron chi connectivity index (χ0n) is 5.67. The number of carbonyl (C=O) groups excluding carboxylic acids is 1. The second-order valence-electron chi connectivity index (χ2n) is 1.45. The molecule has 0 fully saturated rings. The molecule has 10 heavy (non-hydrogen) atoms. The molecular formula is C6H9ClO3. The number of hydrogen-bond acceptors (Lipinski definition) is 3. The topological polar surface area (TPSA) is 35.5 Å². The van der Waals surface area contributed by atoms with Crippen LogP contribution >= 0.6 is 11.6 Å². The minimum Gasteiger partial charge on any atom is -0.433 e. The van der Waals surface area contributed by atoms with Crippen molar-refractivity contribution in [2.24, 2.45) is 0 Å². The number of halogens is 1. The highest BCUT2D eigenvalue weighted by Crippen LogP contribution is 1.83. The standard InChI is InChI=1S/C6H9ClO3/c1-9-5-6(8)10-4-2-3-7/h2,4H,3,5H2,1H3/b4-2-. The molecule has 0 atom stereocenters. The van der Waals surface area contributed by atoms with Gasteiger partial charge in [-0.15, -0.1) is 11.6 Å². The fourth-order valence-electron chi connectivity index (χ4n) is 0.312. The summed E-state index contributed by atoms with van der Waals surface area (Å²) in [5.74, 6) is -0.0934. The largest absolute Gasteiger partial charge is 0.433 e. The molecule has 58 valence electrons. The number of rotatable bonds is 4. The molecule has 0 saturated heterocycles. The summed E-state index contributed by atoms with van der Waals surface area (Å²) in [5, 5.41) is 0. The van der Waals surface area contributed by atoms with Crippen LogP contribution in [0.4, 0.5) is 0 Å². The van der Waals surface area contributed by atoms with Crippen molar-refractivity contribution >= 4 is 17.6 Å². The van der Waals surface area contributed by atoms with Crippen LogP contribution in [-0.2, 0) is 14.3 Å².